The lowest BCUT2D eigenvalue weighted by Gasteiger charge is -2.10. The molecule has 5 nitrogen and oxygen atoms in total. The molecule has 0 saturated carbocycles. The van der Waals surface area contributed by atoms with Crippen LogP contribution in [0, 0.1) is 0 Å². The maximum Gasteiger partial charge on any atom is 0.153 e. The van der Waals surface area contributed by atoms with Crippen molar-refractivity contribution in [3.63, 3.8) is 0 Å². The summed E-state index contributed by atoms with van der Waals surface area (Å²) in [5.74, 6) is 1.17. The van der Waals surface area contributed by atoms with Crippen molar-refractivity contribution in [1.82, 2.24) is 9.78 Å². The van der Waals surface area contributed by atoms with E-state index in [1.54, 1.807) is 30.0 Å². The molecule has 0 bridgehead atoms. The van der Waals surface area contributed by atoms with Crippen LogP contribution in [0.4, 0.5) is 0 Å². The SMILES string of the molecule is CCc1cc(COc2cc(OC)ccc2C=O)n(C)n1. The fourth-order valence-electron chi connectivity index (χ4n) is 1.90. The van der Waals surface area contributed by atoms with Gasteiger partial charge >= 0.3 is 0 Å². The first-order valence-corrected chi connectivity index (χ1v) is 6.45. The van der Waals surface area contributed by atoms with Crippen LogP contribution < -0.4 is 9.47 Å². The molecule has 2 aromatic rings. The topological polar surface area (TPSA) is 53.4 Å². The summed E-state index contributed by atoms with van der Waals surface area (Å²) in [5, 5.41) is 4.36. The molecule has 0 fully saturated rings. The van der Waals surface area contributed by atoms with Gasteiger partial charge in [0.2, 0.25) is 0 Å². The number of aromatic nitrogens is 2. The first-order valence-electron chi connectivity index (χ1n) is 6.45. The van der Waals surface area contributed by atoms with E-state index in [1.807, 2.05) is 13.1 Å². The predicted octanol–water partition coefficient (Wildman–Crippen LogP) is 2.38. The third kappa shape index (κ3) is 2.99. The summed E-state index contributed by atoms with van der Waals surface area (Å²) < 4.78 is 12.7. The molecule has 106 valence electrons. The van der Waals surface area contributed by atoms with E-state index < -0.39 is 0 Å². The largest absolute Gasteiger partial charge is 0.497 e. The van der Waals surface area contributed by atoms with E-state index in [0.29, 0.717) is 23.7 Å². The zero-order valence-corrected chi connectivity index (χ0v) is 11.9. The van der Waals surface area contributed by atoms with E-state index in [4.69, 9.17) is 9.47 Å². The van der Waals surface area contributed by atoms with Crippen LogP contribution >= 0.6 is 0 Å². The van der Waals surface area contributed by atoms with Gasteiger partial charge in [-0.15, -0.1) is 0 Å². The van der Waals surface area contributed by atoms with Gasteiger partial charge in [0.25, 0.3) is 0 Å². The van der Waals surface area contributed by atoms with E-state index in [9.17, 15) is 4.79 Å². The lowest BCUT2D eigenvalue weighted by molar-refractivity contribution is 0.111. The molecule has 0 unspecified atom stereocenters. The predicted molar refractivity (Wildman–Crippen MR) is 75.3 cm³/mol. The Bertz CT molecular complexity index is 605. The van der Waals surface area contributed by atoms with Gasteiger partial charge in [0.05, 0.1) is 24.1 Å². The number of nitrogens with zero attached hydrogens (tertiary/aromatic N) is 2. The Morgan fingerprint density at radius 1 is 1.35 bits per heavy atom. The molecule has 5 heteroatoms. The minimum absolute atomic E-state index is 0.359. The van der Waals surface area contributed by atoms with E-state index in [-0.39, 0.29) is 0 Å². The number of hydrogen-bond acceptors (Lipinski definition) is 4. The van der Waals surface area contributed by atoms with Crippen LogP contribution in [0.3, 0.4) is 0 Å². The highest BCUT2D eigenvalue weighted by molar-refractivity contribution is 5.79. The highest BCUT2D eigenvalue weighted by atomic mass is 16.5. The molecule has 0 aliphatic rings. The van der Waals surface area contributed by atoms with E-state index in [1.165, 1.54) is 0 Å². The zero-order valence-electron chi connectivity index (χ0n) is 11.9. The van der Waals surface area contributed by atoms with Crippen LogP contribution in [0.1, 0.15) is 28.7 Å². The highest BCUT2D eigenvalue weighted by Crippen LogP contribution is 2.24. The smallest absolute Gasteiger partial charge is 0.153 e. The third-order valence-electron chi connectivity index (χ3n) is 3.11. The molecule has 1 aromatic heterocycles. The molecule has 0 aliphatic heterocycles. The summed E-state index contributed by atoms with van der Waals surface area (Å²) in [5.41, 5.74) is 2.48. The van der Waals surface area contributed by atoms with Crippen molar-refractivity contribution < 1.29 is 14.3 Å². The van der Waals surface area contributed by atoms with Crippen LogP contribution in [0.25, 0.3) is 0 Å². The first-order chi connectivity index (χ1) is 9.67. The molecule has 0 radical (unpaired) electrons. The van der Waals surface area contributed by atoms with Crippen LogP contribution in [0.2, 0.25) is 0 Å². The summed E-state index contributed by atoms with van der Waals surface area (Å²) in [6.45, 7) is 2.41. The molecule has 0 aliphatic carbocycles. The van der Waals surface area contributed by atoms with Crippen molar-refractivity contribution in [1.29, 1.82) is 0 Å². The van der Waals surface area contributed by atoms with E-state index >= 15 is 0 Å². The highest BCUT2D eigenvalue weighted by Gasteiger charge is 2.08. The Balaban J connectivity index is 2.17. The van der Waals surface area contributed by atoms with Crippen molar-refractivity contribution in [3.05, 3.63) is 41.2 Å². The van der Waals surface area contributed by atoms with Crippen molar-refractivity contribution in [3.8, 4) is 11.5 Å². The second-order valence-corrected chi connectivity index (χ2v) is 4.41. The quantitative estimate of drug-likeness (QED) is 0.759. The molecular weight excluding hydrogens is 256 g/mol. The Hall–Kier alpha value is -2.30. The molecular formula is C15H18N2O3. The third-order valence-corrected chi connectivity index (χ3v) is 3.11. The minimum Gasteiger partial charge on any atom is -0.497 e. The van der Waals surface area contributed by atoms with Crippen LogP contribution in [0.15, 0.2) is 24.3 Å². The first kappa shape index (κ1) is 14.1. The standard InChI is InChI=1S/C15H18N2O3/c1-4-12-7-13(17(2)16-12)10-20-15-8-14(19-3)6-5-11(15)9-18/h5-9H,4,10H2,1-3H3. The van der Waals surface area contributed by atoms with Gasteiger partial charge in [0.1, 0.15) is 18.1 Å². The van der Waals surface area contributed by atoms with Gasteiger partial charge in [-0.1, -0.05) is 6.92 Å². The number of aldehydes is 1. The van der Waals surface area contributed by atoms with Gasteiger partial charge in [0, 0.05) is 13.1 Å². The lowest BCUT2D eigenvalue weighted by atomic mass is 10.2. The number of aryl methyl sites for hydroxylation is 2. The lowest BCUT2D eigenvalue weighted by Crippen LogP contribution is -2.04. The second-order valence-electron chi connectivity index (χ2n) is 4.41. The van der Waals surface area contributed by atoms with Gasteiger partial charge < -0.3 is 9.47 Å². The Morgan fingerprint density at radius 3 is 2.75 bits per heavy atom. The number of carbonyl (C=O) groups is 1. The summed E-state index contributed by atoms with van der Waals surface area (Å²) in [6.07, 6.45) is 1.65. The number of methoxy groups -OCH3 is 1. The van der Waals surface area contributed by atoms with Gasteiger partial charge in [0.15, 0.2) is 6.29 Å². The maximum absolute atomic E-state index is 11.0. The monoisotopic (exact) mass is 274 g/mol. The second kappa shape index (κ2) is 6.23. The number of benzene rings is 1. The van der Waals surface area contributed by atoms with Crippen LogP contribution in [0.5, 0.6) is 11.5 Å². The van der Waals surface area contributed by atoms with Gasteiger partial charge in [-0.25, -0.2) is 0 Å². The van der Waals surface area contributed by atoms with E-state index in [2.05, 4.69) is 12.0 Å². The fourth-order valence-corrected chi connectivity index (χ4v) is 1.90. The summed E-state index contributed by atoms with van der Waals surface area (Å²) in [6, 6.07) is 7.12. The van der Waals surface area contributed by atoms with Gasteiger partial charge in [-0.2, -0.15) is 5.10 Å². The van der Waals surface area contributed by atoms with E-state index in [0.717, 1.165) is 24.1 Å². The van der Waals surface area contributed by atoms with Crippen molar-refractivity contribution in [2.24, 2.45) is 7.05 Å². The summed E-state index contributed by atoms with van der Waals surface area (Å²) >= 11 is 0. The van der Waals surface area contributed by atoms with Gasteiger partial charge in [-0.3, -0.25) is 9.48 Å². The van der Waals surface area contributed by atoms with Crippen LogP contribution in [-0.2, 0) is 20.1 Å². The summed E-state index contributed by atoms with van der Waals surface area (Å²) in [7, 11) is 3.46. The molecule has 1 heterocycles. The number of carbonyl (C=O) groups excluding carboxylic acids is 1. The van der Waals surface area contributed by atoms with Crippen molar-refractivity contribution in [2.45, 2.75) is 20.0 Å². The Morgan fingerprint density at radius 2 is 2.15 bits per heavy atom. The molecule has 20 heavy (non-hydrogen) atoms. The van der Waals surface area contributed by atoms with Crippen molar-refractivity contribution >= 4 is 6.29 Å². The molecule has 0 amide bonds. The fraction of sp³-hybridized carbons (Fsp3) is 0.333. The maximum atomic E-state index is 11.0. The van der Waals surface area contributed by atoms with Gasteiger partial charge in [-0.05, 0) is 24.6 Å². The average molecular weight is 274 g/mol. The van der Waals surface area contributed by atoms with Crippen LogP contribution in [-0.4, -0.2) is 23.2 Å². The molecule has 2 rings (SSSR count). The molecule has 0 spiro atoms. The molecule has 0 N–H and O–H groups in total. The number of rotatable bonds is 6. The minimum atomic E-state index is 0.359. The average Bonchev–Trinajstić information content (AvgIpc) is 2.85. The Kier molecular flexibility index (Phi) is 4.40. The number of hydrogen-bond donors (Lipinski definition) is 0. The molecule has 0 saturated heterocycles. The number of ether oxygens (including phenoxy) is 2. The molecule has 1 aromatic carbocycles. The molecule has 0 atom stereocenters. The summed E-state index contributed by atoms with van der Waals surface area (Å²) in [4.78, 5) is 11.0. The Labute approximate surface area is 118 Å². The normalized spacial score (nSPS) is 10.3. The zero-order chi connectivity index (χ0) is 14.5. The van der Waals surface area contributed by atoms with Crippen molar-refractivity contribution in [2.75, 3.05) is 7.11 Å².